The van der Waals surface area contributed by atoms with Gasteiger partial charge < -0.3 is 9.84 Å². The van der Waals surface area contributed by atoms with E-state index in [2.05, 4.69) is 9.72 Å². The fraction of sp³-hybridized carbons (Fsp3) is 0.200. The molecule has 0 aromatic carbocycles. The Morgan fingerprint density at radius 2 is 2.33 bits per heavy atom. The van der Waals surface area contributed by atoms with Gasteiger partial charge in [0.15, 0.2) is 0 Å². The van der Waals surface area contributed by atoms with Crippen molar-refractivity contribution >= 4 is 27.4 Å². The number of aryl methyl sites for hydroxylation is 1. The van der Waals surface area contributed by atoms with E-state index in [0.717, 1.165) is 4.70 Å². The number of aromatic hydroxyl groups is 1. The number of nitrogens with zero attached hydrogens (tertiary/aromatic N) is 1. The van der Waals surface area contributed by atoms with Gasteiger partial charge in [0.1, 0.15) is 5.56 Å². The maximum absolute atomic E-state index is 11.4. The van der Waals surface area contributed by atoms with E-state index in [1.807, 2.05) is 5.38 Å². The number of carbonyl (C=O) groups is 1. The minimum Gasteiger partial charge on any atom is -0.493 e. The minimum atomic E-state index is -0.566. The van der Waals surface area contributed by atoms with Crippen molar-refractivity contribution in [3.63, 3.8) is 0 Å². The quantitative estimate of drug-likeness (QED) is 0.752. The molecule has 0 fully saturated rings. The lowest BCUT2D eigenvalue weighted by Gasteiger charge is -2.05. The van der Waals surface area contributed by atoms with Gasteiger partial charge in [0.25, 0.3) is 0 Å². The van der Waals surface area contributed by atoms with Gasteiger partial charge in [-0.15, -0.1) is 11.3 Å². The Balaban J connectivity index is 2.82. The largest absolute Gasteiger partial charge is 0.493 e. The normalized spacial score (nSPS) is 10.5. The second kappa shape index (κ2) is 3.51. The molecule has 0 saturated carbocycles. The summed E-state index contributed by atoms with van der Waals surface area (Å²) in [5.74, 6) is -0.839. The summed E-state index contributed by atoms with van der Waals surface area (Å²) < 4.78 is 5.50. The molecular formula is C10H9NO3S. The second-order valence-corrected chi connectivity index (χ2v) is 3.97. The van der Waals surface area contributed by atoms with Crippen LogP contribution >= 0.6 is 11.3 Å². The summed E-state index contributed by atoms with van der Waals surface area (Å²) in [4.78, 5) is 15.3. The number of methoxy groups -OCH3 is 1. The standard InChI is InChI=1S/C10H9NO3S/c1-5-8-6(3-4-15-8)7(9(12)11-5)10(13)14-2/h3-4H,1-2H3,(H,11,12). The van der Waals surface area contributed by atoms with Crippen LogP contribution in [0.5, 0.6) is 5.88 Å². The Morgan fingerprint density at radius 3 is 3.00 bits per heavy atom. The first-order chi connectivity index (χ1) is 7.15. The first-order valence-corrected chi connectivity index (χ1v) is 5.18. The molecule has 0 amide bonds. The molecule has 4 nitrogen and oxygen atoms in total. The predicted octanol–water partition coefficient (Wildman–Crippen LogP) is 2.10. The number of pyridine rings is 1. The molecule has 78 valence electrons. The Kier molecular flexibility index (Phi) is 2.32. The van der Waals surface area contributed by atoms with Crippen LogP contribution in [0, 0.1) is 6.92 Å². The molecule has 0 aliphatic rings. The molecule has 2 heterocycles. The summed E-state index contributed by atoms with van der Waals surface area (Å²) in [5.41, 5.74) is 0.851. The Labute approximate surface area is 90.1 Å². The summed E-state index contributed by atoms with van der Waals surface area (Å²) in [6.45, 7) is 1.79. The van der Waals surface area contributed by atoms with Gasteiger partial charge in [-0.05, 0) is 18.4 Å². The van der Waals surface area contributed by atoms with Crippen molar-refractivity contribution in [2.75, 3.05) is 7.11 Å². The molecule has 0 unspecified atom stereocenters. The Hall–Kier alpha value is -1.62. The van der Waals surface area contributed by atoms with Crippen molar-refractivity contribution in [3.8, 4) is 5.88 Å². The molecule has 0 saturated heterocycles. The minimum absolute atomic E-state index is 0.138. The highest BCUT2D eigenvalue weighted by Crippen LogP contribution is 2.31. The van der Waals surface area contributed by atoms with Crippen LogP contribution in [0.15, 0.2) is 11.4 Å². The molecule has 0 aliphatic heterocycles. The van der Waals surface area contributed by atoms with Crippen molar-refractivity contribution in [2.24, 2.45) is 0 Å². The fourth-order valence-corrected chi connectivity index (χ4v) is 2.33. The van der Waals surface area contributed by atoms with E-state index in [-0.39, 0.29) is 11.4 Å². The van der Waals surface area contributed by atoms with Gasteiger partial charge in [-0.3, -0.25) is 0 Å². The third-order valence-electron chi connectivity index (χ3n) is 2.15. The van der Waals surface area contributed by atoms with Gasteiger partial charge in [0.05, 0.1) is 17.5 Å². The zero-order chi connectivity index (χ0) is 11.0. The molecule has 0 spiro atoms. The smallest absolute Gasteiger partial charge is 0.344 e. The summed E-state index contributed by atoms with van der Waals surface area (Å²) in [6.07, 6.45) is 0. The summed E-state index contributed by atoms with van der Waals surface area (Å²) in [7, 11) is 1.28. The first kappa shape index (κ1) is 9.92. The molecule has 0 bridgehead atoms. The highest BCUT2D eigenvalue weighted by atomic mass is 32.1. The van der Waals surface area contributed by atoms with Crippen molar-refractivity contribution in [3.05, 3.63) is 22.7 Å². The third kappa shape index (κ3) is 1.45. The lowest BCUT2D eigenvalue weighted by molar-refractivity contribution is 0.0599. The molecule has 2 aromatic heterocycles. The van der Waals surface area contributed by atoms with E-state index < -0.39 is 5.97 Å². The topological polar surface area (TPSA) is 59.4 Å². The van der Waals surface area contributed by atoms with E-state index in [1.54, 1.807) is 13.0 Å². The van der Waals surface area contributed by atoms with Crippen LogP contribution < -0.4 is 0 Å². The maximum atomic E-state index is 11.4. The van der Waals surface area contributed by atoms with Crippen molar-refractivity contribution in [1.29, 1.82) is 0 Å². The number of hydrogen-bond acceptors (Lipinski definition) is 5. The SMILES string of the molecule is COC(=O)c1c(O)nc(C)c2sccc12. The highest BCUT2D eigenvalue weighted by Gasteiger charge is 2.19. The van der Waals surface area contributed by atoms with E-state index in [1.165, 1.54) is 18.4 Å². The molecular weight excluding hydrogens is 214 g/mol. The van der Waals surface area contributed by atoms with Crippen molar-refractivity contribution in [1.82, 2.24) is 4.98 Å². The third-order valence-corrected chi connectivity index (χ3v) is 3.17. The molecule has 5 heteroatoms. The highest BCUT2D eigenvalue weighted by molar-refractivity contribution is 7.17. The van der Waals surface area contributed by atoms with Crippen LogP contribution in [0.1, 0.15) is 16.1 Å². The van der Waals surface area contributed by atoms with Gasteiger partial charge >= 0.3 is 5.97 Å². The lowest BCUT2D eigenvalue weighted by Crippen LogP contribution is -2.03. The van der Waals surface area contributed by atoms with Crippen LogP contribution in [0.25, 0.3) is 10.1 Å². The molecule has 0 atom stereocenters. The monoisotopic (exact) mass is 223 g/mol. The van der Waals surface area contributed by atoms with Crippen LogP contribution in [0.2, 0.25) is 0 Å². The Morgan fingerprint density at radius 1 is 1.60 bits per heavy atom. The molecule has 15 heavy (non-hydrogen) atoms. The average Bonchev–Trinajstić information content (AvgIpc) is 2.66. The number of aromatic nitrogens is 1. The van der Waals surface area contributed by atoms with Crippen LogP contribution in [-0.4, -0.2) is 23.2 Å². The molecule has 1 N–H and O–H groups in total. The summed E-state index contributed by atoms with van der Waals surface area (Å²) in [6, 6.07) is 1.78. The van der Waals surface area contributed by atoms with E-state index in [0.29, 0.717) is 11.1 Å². The first-order valence-electron chi connectivity index (χ1n) is 4.30. The van der Waals surface area contributed by atoms with Crippen LogP contribution in [0.4, 0.5) is 0 Å². The number of carbonyl (C=O) groups excluding carboxylic acids is 1. The van der Waals surface area contributed by atoms with Crippen molar-refractivity contribution in [2.45, 2.75) is 6.92 Å². The zero-order valence-electron chi connectivity index (χ0n) is 8.27. The summed E-state index contributed by atoms with van der Waals surface area (Å²) in [5, 5.41) is 12.1. The van der Waals surface area contributed by atoms with Gasteiger partial charge in [-0.2, -0.15) is 0 Å². The van der Waals surface area contributed by atoms with Gasteiger partial charge in [0, 0.05) is 5.39 Å². The number of rotatable bonds is 1. The van der Waals surface area contributed by atoms with Crippen LogP contribution in [-0.2, 0) is 4.74 Å². The van der Waals surface area contributed by atoms with E-state index >= 15 is 0 Å². The molecule has 0 aliphatic carbocycles. The van der Waals surface area contributed by atoms with Gasteiger partial charge in [0.2, 0.25) is 5.88 Å². The number of thiophene rings is 1. The summed E-state index contributed by atoms with van der Waals surface area (Å²) >= 11 is 1.48. The van der Waals surface area contributed by atoms with Gasteiger partial charge in [-0.1, -0.05) is 0 Å². The fourth-order valence-electron chi connectivity index (χ4n) is 1.48. The maximum Gasteiger partial charge on any atom is 0.344 e. The molecule has 2 aromatic rings. The number of fused-ring (bicyclic) bond motifs is 1. The molecule has 2 rings (SSSR count). The predicted molar refractivity (Wildman–Crippen MR) is 57.4 cm³/mol. The average molecular weight is 223 g/mol. The van der Waals surface area contributed by atoms with E-state index in [4.69, 9.17) is 0 Å². The molecule has 0 radical (unpaired) electrons. The number of ether oxygens (including phenoxy) is 1. The van der Waals surface area contributed by atoms with Crippen LogP contribution in [0.3, 0.4) is 0 Å². The second-order valence-electron chi connectivity index (χ2n) is 3.05. The van der Waals surface area contributed by atoms with E-state index in [9.17, 15) is 9.90 Å². The zero-order valence-corrected chi connectivity index (χ0v) is 9.09. The lowest BCUT2D eigenvalue weighted by atomic mass is 10.1. The van der Waals surface area contributed by atoms with Crippen molar-refractivity contribution < 1.29 is 14.6 Å². The number of hydrogen-bond donors (Lipinski definition) is 1. The Bertz CT molecular complexity index is 533. The number of esters is 1. The van der Waals surface area contributed by atoms with Gasteiger partial charge in [-0.25, -0.2) is 9.78 Å².